The van der Waals surface area contributed by atoms with E-state index in [1.54, 1.807) is 6.20 Å². The molecule has 18 heavy (non-hydrogen) atoms. The van der Waals surface area contributed by atoms with E-state index in [0.717, 1.165) is 31.6 Å². The molecule has 90 valence electrons. The van der Waals surface area contributed by atoms with Gasteiger partial charge < -0.3 is 0 Å². The van der Waals surface area contributed by atoms with Crippen LogP contribution in [0.5, 0.6) is 0 Å². The third-order valence-electron chi connectivity index (χ3n) is 3.28. The lowest BCUT2D eigenvalue weighted by Gasteiger charge is -2.26. The lowest BCUT2D eigenvalue weighted by molar-refractivity contribution is 0.247. The van der Waals surface area contributed by atoms with Crippen LogP contribution >= 0.6 is 11.3 Å². The maximum absolute atomic E-state index is 9.04. The third-order valence-corrected chi connectivity index (χ3v) is 4.30. The number of rotatable bonds is 2. The quantitative estimate of drug-likeness (QED) is 0.828. The van der Waals surface area contributed by atoms with Crippen molar-refractivity contribution in [3.63, 3.8) is 0 Å². The second-order valence-corrected chi connectivity index (χ2v) is 5.45. The first kappa shape index (κ1) is 11.4. The molecule has 0 aliphatic carbocycles. The van der Waals surface area contributed by atoms with E-state index in [2.05, 4.69) is 27.4 Å². The second-order valence-electron chi connectivity index (χ2n) is 4.45. The number of pyridine rings is 1. The fraction of sp³-hybridized carbons (Fsp3) is 0.286. The molecule has 0 amide bonds. The highest BCUT2D eigenvalue weighted by molar-refractivity contribution is 7.10. The van der Waals surface area contributed by atoms with Gasteiger partial charge in [-0.1, -0.05) is 6.07 Å². The first-order valence-electron chi connectivity index (χ1n) is 5.98. The molecule has 0 fully saturated rings. The van der Waals surface area contributed by atoms with E-state index >= 15 is 0 Å². The first-order chi connectivity index (χ1) is 8.86. The van der Waals surface area contributed by atoms with Crippen molar-refractivity contribution >= 4 is 11.3 Å². The van der Waals surface area contributed by atoms with Crippen molar-refractivity contribution in [1.29, 1.82) is 5.26 Å². The van der Waals surface area contributed by atoms with Crippen molar-refractivity contribution in [2.45, 2.75) is 19.5 Å². The number of thiophene rings is 1. The Kier molecular flexibility index (Phi) is 3.09. The smallest absolute Gasteiger partial charge is 0.144 e. The molecule has 0 unspecified atom stereocenters. The van der Waals surface area contributed by atoms with Crippen molar-refractivity contribution in [2.24, 2.45) is 0 Å². The monoisotopic (exact) mass is 255 g/mol. The predicted molar refractivity (Wildman–Crippen MR) is 71.1 cm³/mol. The van der Waals surface area contributed by atoms with E-state index in [1.165, 1.54) is 10.4 Å². The lowest BCUT2D eigenvalue weighted by Crippen LogP contribution is -2.29. The van der Waals surface area contributed by atoms with Crippen LogP contribution in [-0.2, 0) is 19.5 Å². The molecule has 2 aromatic rings. The van der Waals surface area contributed by atoms with E-state index in [0.29, 0.717) is 5.69 Å². The van der Waals surface area contributed by atoms with Crippen LogP contribution in [0.2, 0.25) is 0 Å². The van der Waals surface area contributed by atoms with Crippen LogP contribution in [0.1, 0.15) is 21.7 Å². The van der Waals surface area contributed by atoms with E-state index in [-0.39, 0.29) is 0 Å². The minimum Gasteiger partial charge on any atom is -0.294 e. The van der Waals surface area contributed by atoms with Gasteiger partial charge in [0.25, 0.3) is 0 Å². The molecular weight excluding hydrogens is 242 g/mol. The van der Waals surface area contributed by atoms with Crippen molar-refractivity contribution in [1.82, 2.24) is 9.88 Å². The minimum absolute atomic E-state index is 0.550. The molecule has 0 spiro atoms. The molecule has 0 N–H and O–H groups in total. The number of nitriles is 1. The molecule has 0 radical (unpaired) electrons. The molecule has 0 aromatic carbocycles. The molecule has 3 nitrogen and oxygen atoms in total. The van der Waals surface area contributed by atoms with Gasteiger partial charge in [-0.05, 0) is 29.5 Å². The highest BCUT2D eigenvalue weighted by Crippen LogP contribution is 2.25. The molecular formula is C14H13N3S. The maximum atomic E-state index is 9.04. The van der Waals surface area contributed by atoms with Crippen molar-refractivity contribution in [3.05, 3.63) is 51.5 Å². The van der Waals surface area contributed by atoms with Gasteiger partial charge in [0, 0.05) is 36.3 Å². The van der Waals surface area contributed by atoms with E-state index in [9.17, 15) is 0 Å². The second kappa shape index (κ2) is 4.89. The Hall–Kier alpha value is -1.70. The van der Waals surface area contributed by atoms with Gasteiger partial charge in [0.15, 0.2) is 0 Å². The molecule has 0 atom stereocenters. The van der Waals surface area contributed by atoms with Crippen LogP contribution in [0, 0.1) is 11.3 Å². The van der Waals surface area contributed by atoms with Gasteiger partial charge in [-0.15, -0.1) is 11.3 Å². The molecule has 1 aliphatic rings. The minimum atomic E-state index is 0.550. The van der Waals surface area contributed by atoms with Gasteiger partial charge in [-0.2, -0.15) is 5.26 Å². The van der Waals surface area contributed by atoms with Crippen molar-refractivity contribution in [3.8, 4) is 6.07 Å². The summed E-state index contributed by atoms with van der Waals surface area (Å²) in [5.41, 5.74) is 3.01. The summed E-state index contributed by atoms with van der Waals surface area (Å²) in [6.07, 6.45) is 2.80. The van der Waals surface area contributed by atoms with E-state index < -0.39 is 0 Å². The fourth-order valence-electron chi connectivity index (χ4n) is 2.35. The molecule has 0 saturated heterocycles. The van der Waals surface area contributed by atoms with Gasteiger partial charge in [0.2, 0.25) is 0 Å². The average Bonchev–Trinajstić information content (AvgIpc) is 2.87. The zero-order valence-corrected chi connectivity index (χ0v) is 10.8. The van der Waals surface area contributed by atoms with E-state index in [4.69, 9.17) is 5.26 Å². The number of hydrogen-bond acceptors (Lipinski definition) is 4. The van der Waals surface area contributed by atoms with Gasteiger partial charge >= 0.3 is 0 Å². The number of fused-ring (bicyclic) bond motifs is 1. The van der Waals surface area contributed by atoms with Gasteiger partial charge in [0.1, 0.15) is 11.8 Å². The van der Waals surface area contributed by atoms with Crippen LogP contribution in [-0.4, -0.2) is 16.4 Å². The van der Waals surface area contributed by atoms with Crippen molar-refractivity contribution in [2.75, 3.05) is 6.54 Å². The van der Waals surface area contributed by atoms with Crippen LogP contribution in [0.4, 0.5) is 0 Å². The fourth-order valence-corrected chi connectivity index (χ4v) is 3.24. The van der Waals surface area contributed by atoms with E-state index in [1.807, 2.05) is 23.5 Å². The maximum Gasteiger partial charge on any atom is 0.144 e. The Morgan fingerprint density at radius 3 is 3.28 bits per heavy atom. The molecule has 1 aliphatic heterocycles. The summed E-state index contributed by atoms with van der Waals surface area (Å²) in [5.74, 6) is 0. The lowest BCUT2D eigenvalue weighted by atomic mass is 10.1. The predicted octanol–water partition coefficient (Wildman–Crippen LogP) is 2.57. The summed E-state index contributed by atoms with van der Waals surface area (Å²) in [6.45, 7) is 2.86. The third kappa shape index (κ3) is 2.15. The summed E-state index contributed by atoms with van der Waals surface area (Å²) >= 11 is 1.85. The van der Waals surface area contributed by atoms with Gasteiger partial charge in [-0.3, -0.25) is 4.90 Å². The zero-order valence-electron chi connectivity index (χ0n) is 9.97. The molecule has 3 rings (SSSR count). The number of hydrogen-bond donors (Lipinski definition) is 0. The zero-order chi connectivity index (χ0) is 12.4. The van der Waals surface area contributed by atoms with Crippen LogP contribution in [0.25, 0.3) is 0 Å². The highest BCUT2D eigenvalue weighted by Gasteiger charge is 2.18. The molecule has 0 bridgehead atoms. The van der Waals surface area contributed by atoms with Crippen LogP contribution in [0.15, 0.2) is 29.8 Å². The number of aromatic nitrogens is 1. The van der Waals surface area contributed by atoms with Crippen LogP contribution < -0.4 is 0 Å². The Bertz CT molecular complexity index is 597. The SMILES string of the molecule is N#Cc1ncccc1CN1CCc2sccc2C1. The summed E-state index contributed by atoms with van der Waals surface area (Å²) in [4.78, 5) is 8.01. The van der Waals surface area contributed by atoms with Gasteiger partial charge in [0.05, 0.1) is 0 Å². The molecule has 0 saturated carbocycles. The standard InChI is InChI=1S/C14H13N3S/c15-8-13-11(2-1-5-16-13)9-17-6-3-14-12(10-17)4-7-18-14/h1-2,4-5,7H,3,6,9-10H2. The average molecular weight is 255 g/mol. The summed E-state index contributed by atoms with van der Waals surface area (Å²) in [6, 6.07) is 8.27. The summed E-state index contributed by atoms with van der Waals surface area (Å²) < 4.78 is 0. The Morgan fingerprint density at radius 1 is 1.44 bits per heavy atom. The largest absolute Gasteiger partial charge is 0.294 e. The Balaban J connectivity index is 1.77. The Labute approximate surface area is 110 Å². The van der Waals surface area contributed by atoms with Gasteiger partial charge in [-0.25, -0.2) is 4.98 Å². The summed E-state index contributed by atoms with van der Waals surface area (Å²) in [7, 11) is 0. The van der Waals surface area contributed by atoms with Crippen molar-refractivity contribution < 1.29 is 0 Å². The number of nitrogens with zero attached hydrogens (tertiary/aromatic N) is 3. The Morgan fingerprint density at radius 2 is 2.39 bits per heavy atom. The first-order valence-corrected chi connectivity index (χ1v) is 6.86. The molecule has 4 heteroatoms. The normalized spacial score (nSPS) is 15.1. The van der Waals surface area contributed by atoms with Crippen LogP contribution in [0.3, 0.4) is 0 Å². The topological polar surface area (TPSA) is 39.9 Å². The molecule has 2 aromatic heterocycles. The summed E-state index contributed by atoms with van der Waals surface area (Å²) in [5, 5.41) is 11.2. The highest BCUT2D eigenvalue weighted by atomic mass is 32.1. The molecule has 3 heterocycles.